The van der Waals surface area contributed by atoms with Gasteiger partial charge in [-0.2, -0.15) is 4.98 Å². The van der Waals surface area contributed by atoms with E-state index < -0.39 is 30.6 Å². The Morgan fingerprint density at radius 2 is 2.27 bits per heavy atom. The van der Waals surface area contributed by atoms with Crippen molar-refractivity contribution in [2.24, 2.45) is 0 Å². The van der Waals surface area contributed by atoms with Crippen LogP contribution < -0.4 is 11.5 Å². The quantitative estimate of drug-likeness (QED) is 0.487. The molecule has 1 saturated heterocycles. The summed E-state index contributed by atoms with van der Waals surface area (Å²) in [5, 5.41) is 23.2. The molecule has 10 heteroatoms. The summed E-state index contributed by atoms with van der Waals surface area (Å²) >= 11 is 0. The van der Waals surface area contributed by atoms with Crippen molar-refractivity contribution in [3.05, 3.63) is 11.9 Å². The SMILES string of the molecule is C#C[C@]1(CO)O[C@@H](c2cnc3c(N)nc(N)nn23)[C@H](F)[C@@H]1O. The van der Waals surface area contributed by atoms with Crippen molar-refractivity contribution < 1.29 is 19.3 Å². The molecular weight excluding hydrogens is 295 g/mol. The first-order valence-corrected chi connectivity index (χ1v) is 6.28. The molecule has 0 spiro atoms. The van der Waals surface area contributed by atoms with Crippen LogP contribution in [0.25, 0.3) is 5.65 Å². The van der Waals surface area contributed by atoms with Crippen molar-refractivity contribution in [2.75, 3.05) is 18.1 Å². The van der Waals surface area contributed by atoms with E-state index in [0.717, 1.165) is 0 Å². The monoisotopic (exact) mass is 308 g/mol. The minimum absolute atomic E-state index is 0.0121. The lowest BCUT2D eigenvalue weighted by atomic mass is 9.96. The largest absolute Gasteiger partial charge is 0.392 e. The van der Waals surface area contributed by atoms with Crippen molar-refractivity contribution in [1.82, 2.24) is 19.6 Å². The molecule has 116 valence electrons. The Morgan fingerprint density at radius 3 is 2.86 bits per heavy atom. The molecule has 0 saturated carbocycles. The smallest absolute Gasteiger partial charge is 0.240 e. The number of hydrogen-bond donors (Lipinski definition) is 4. The zero-order valence-corrected chi connectivity index (χ0v) is 11.2. The molecule has 0 aromatic carbocycles. The Labute approximate surface area is 123 Å². The van der Waals surface area contributed by atoms with Gasteiger partial charge in [0.2, 0.25) is 5.95 Å². The van der Waals surface area contributed by atoms with E-state index in [2.05, 4.69) is 21.0 Å². The maximum atomic E-state index is 14.4. The summed E-state index contributed by atoms with van der Waals surface area (Å²) < 4.78 is 21.0. The van der Waals surface area contributed by atoms with Crippen LogP contribution in [0.5, 0.6) is 0 Å². The molecule has 0 aliphatic carbocycles. The normalized spacial score (nSPS) is 31.5. The van der Waals surface area contributed by atoms with E-state index >= 15 is 0 Å². The summed E-state index contributed by atoms with van der Waals surface area (Å²) in [6.07, 6.45) is 1.65. The van der Waals surface area contributed by atoms with Gasteiger partial charge in [-0.1, -0.05) is 5.92 Å². The van der Waals surface area contributed by atoms with Crippen LogP contribution in [0.4, 0.5) is 16.2 Å². The first-order chi connectivity index (χ1) is 10.4. The van der Waals surface area contributed by atoms with E-state index in [1.165, 1.54) is 10.7 Å². The van der Waals surface area contributed by atoms with Gasteiger partial charge in [-0.05, 0) is 0 Å². The predicted molar refractivity (Wildman–Crippen MR) is 73.0 cm³/mol. The maximum absolute atomic E-state index is 14.4. The number of nitrogens with zero attached hydrogens (tertiary/aromatic N) is 4. The first kappa shape index (κ1) is 14.5. The molecule has 1 fully saturated rings. The fourth-order valence-electron chi connectivity index (χ4n) is 2.43. The highest BCUT2D eigenvalue weighted by atomic mass is 19.1. The van der Waals surface area contributed by atoms with Crippen LogP contribution >= 0.6 is 0 Å². The first-order valence-electron chi connectivity index (χ1n) is 6.28. The molecule has 1 aliphatic heterocycles. The second kappa shape index (κ2) is 4.77. The topological polar surface area (TPSA) is 145 Å². The zero-order chi connectivity index (χ0) is 16.1. The average molecular weight is 308 g/mol. The van der Waals surface area contributed by atoms with Crippen molar-refractivity contribution in [2.45, 2.75) is 24.0 Å². The predicted octanol–water partition coefficient (Wildman–Crippen LogP) is -1.58. The molecule has 1 aliphatic rings. The third-order valence-corrected chi connectivity index (χ3v) is 3.61. The van der Waals surface area contributed by atoms with E-state index in [4.69, 9.17) is 22.6 Å². The third-order valence-electron chi connectivity index (χ3n) is 3.61. The Kier molecular flexibility index (Phi) is 3.13. The Hall–Kier alpha value is -2.48. The Balaban J connectivity index is 2.11. The number of rotatable bonds is 2. The molecule has 0 unspecified atom stereocenters. The lowest BCUT2D eigenvalue weighted by Gasteiger charge is -2.23. The molecule has 0 bridgehead atoms. The second-order valence-corrected chi connectivity index (χ2v) is 4.89. The van der Waals surface area contributed by atoms with Crippen LogP contribution in [0, 0.1) is 12.3 Å². The standard InChI is InChI=1S/C12H13FN6O3/c1-2-12(4-20)8(21)6(13)7(22-12)5-3-16-10-9(14)17-11(15)18-19(5)10/h1,3,6-8,20-21H,4H2,(H4,14,15,17,18)/t6-,7-,8-,12+/m0/s1. The molecule has 4 atom stereocenters. The van der Waals surface area contributed by atoms with E-state index in [1.54, 1.807) is 0 Å². The summed E-state index contributed by atoms with van der Waals surface area (Å²) in [7, 11) is 0. The van der Waals surface area contributed by atoms with E-state index in [0.29, 0.717) is 0 Å². The number of halogens is 1. The number of fused-ring (bicyclic) bond motifs is 1. The van der Waals surface area contributed by atoms with Gasteiger partial charge in [0, 0.05) is 0 Å². The number of alkyl halides is 1. The van der Waals surface area contributed by atoms with Gasteiger partial charge in [-0.25, -0.2) is 13.9 Å². The van der Waals surface area contributed by atoms with Crippen LogP contribution in [0.1, 0.15) is 11.8 Å². The van der Waals surface area contributed by atoms with E-state index in [-0.39, 0.29) is 23.1 Å². The molecule has 3 heterocycles. The molecule has 2 aromatic rings. The minimum atomic E-state index is -1.89. The van der Waals surface area contributed by atoms with Gasteiger partial charge in [0.05, 0.1) is 18.5 Å². The maximum Gasteiger partial charge on any atom is 0.240 e. The number of aliphatic hydroxyl groups excluding tert-OH is 2. The van der Waals surface area contributed by atoms with Gasteiger partial charge in [0.25, 0.3) is 0 Å². The highest BCUT2D eigenvalue weighted by Gasteiger charge is 2.55. The van der Waals surface area contributed by atoms with Gasteiger partial charge < -0.3 is 26.4 Å². The van der Waals surface area contributed by atoms with Gasteiger partial charge in [-0.15, -0.1) is 11.5 Å². The van der Waals surface area contributed by atoms with Crippen molar-refractivity contribution in [1.29, 1.82) is 0 Å². The number of nitrogens with two attached hydrogens (primary N) is 2. The average Bonchev–Trinajstić information content (AvgIpc) is 3.01. The van der Waals surface area contributed by atoms with Crippen molar-refractivity contribution in [3.63, 3.8) is 0 Å². The van der Waals surface area contributed by atoms with E-state index in [9.17, 15) is 14.6 Å². The minimum Gasteiger partial charge on any atom is -0.392 e. The third kappa shape index (κ3) is 1.80. The number of hydrogen-bond acceptors (Lipinski definition) is 8. The van der Waals surface area contributed by atoms with Crippen LogP contribution in [-0.4, -0.2) is 54.3 Å². The Morgan fingerprint density at radius 1 is 1.55 bits per heavy atom. The highest BCUT2D eigenvalue weighted by Crippen LogP contribution is 2.41. The number of ether oxygens (including phenoxy) is 1. The molecule has 0 amide bonds. The van der Waals surface area contributed by atoms with Gasteiger partial charge in [-0.3, -0.25) is 0 Å². The lowest BCUT2D eigenvalue weighted by Crippen LogP contribution is -2.44. The van der Waals surface area contributed by atoms with Crippen LogP contribution in [-0.2, 0) is 4.74 Å². The molecule has 0 radical (unpaired) electrons. The lowest BCUT2D eigenvalue weighted by molar-refractivity contribution is -0.0732. The van der Waals surface area contributed by atoms with Gasteiger partial charge in [0.15, 0.2) is 23.2 Å². The van der Waals surface area contributed by atoms with Gasteiger partial charge in [0.1, 0.15) is 12.2 Å². The highest BCUT2D eigenvalue weighted by molar-refractivity contribution is 5.60. The number of nitrogen functional groups attached to an aromatic ring is 2. The van der Waals surface area contributed by atoms with Crippen molar-refractivity contribution in [3.8, 4) is 12.3 Å². The molecule has 6 N–H and O–H groups in total. The van der Waals surface area contributed by atoms with Crippen LogP contribution in [0.15, 0.2) is 6.20 Å². The number of anilines is 2. The van der Waals surface area contributed by atoms with Gasteiger partial charge >= 0.3 is 0 Å². The summed E-state index contributed by atoms with van der Waals surface area (Å²) in [6, 6.07) is 0. The van der Waals surface area contributed by atoms with Crippen molar-refractivity contribution >= 4 is 17.4 Å². The summed E-state index contributed by atoms with van der Waals surface area (Å²) in [6.45, 7) is -0.739. The zero-order valence-electron chi connectivity index (χ0n) is 11.2. The second-order valence-electron chi connectivity index (χ2n) is 4.89. The fraction of sp³-hybridized carbons (Fsp3) is 0.417. The number of terminal acetylenes is 1. The Bertz CT molecular complexity index is 774. The summed E-state index contributed by atoms with van der Waals surface area (Å²) in [5.41, 5.74) is 9.65. The van der Waals surface area contributed by atoms with E-state index in [1.807, 2.05) is 0 Å². The van der Waals surface area contributed by atoms with Crippen LogP contribution in [0.2, 0.25) is 0 Å². The van der Waals surface area contributed by atoms with Crippen LogP contribution in [0.3, 0.4) is 0 Å². The molecule has 22 heavy (non-hydrogen) atoms. The summed E-state index contributed by atoms with van der Waals surface area (Å²) in [5.74, 6) is 1.97. The summed E-state index contributed by atoms with van der Waals surface area (Å²) in [4.78, 5) is 7.72. The number of imidazole rings is 1. The molecule has 2 aromatic heterocycles. The number of aromatic nitrogens is 4. The fourth-order valence-corrected chi connectivity index (χ4v) is 2.43. The molecular formula is C12H13FN6O3. The molecule has 3 rings (SSSR count). The molecule has 9 nitrogen and oxygen atoms in total. The number of aliphatic hydroxyl groups is 2.